The van der Waals surface area contributed by atoms with Gasteiger partial charge in [-0.15, -0.1) is 11.8 Å². The Hall–Kier alpha value is -1.20. The van der Waals surface area contributed by atoms with Gasteiger partial charge in [-0.05, 0) is 42.7 Å². The van der Waals surface area contributed by atoms with Crippen molar-refractivity contribution in [2.75, 3.05) is 30.8 Å². The molecule has 4 nitrogen and oxygen atoms in total. The molecule has 1 saturated heterocycles. The lowest BCUT2D eigenvalue weighted by Gasteiger charge is -2.35. The van der Waals surface area contributed by atoms with E-state index in [1.807, 2.05) is 23.1 Å². The van der Waals surface area contributed by atoms with Crippen molar-refractivity contribution in [3.63, 3.8) is 0 Å². The normalized spacial score (nSPS) is 22.1. The number of hydrogen-bond donors (Lipinski definition) is 1. The Morgan fingerprint density at radius 3 is 3.10 bits per heavy atom. The highest BCUT2D eigenvalue weighted by molar-refractivity contribution is 7.99. The lowest BCUT2D eigenvalue weighted by Crippen LogP contribution is -2.51. The molecule has 0 aromatic heterocycles. The highest BCUT2D eigenvalue weighted by atomic mass is 32.2. The van der Waals surface area contributed by atoms with Crippen LogP contribution in [0.1, 0.15) is 19.8 Å². The first-order valence-corrected chi connectivity index (χ1v) is 8.64. The van der Waals surface area contributed by atoms with Crippen LogP contribution in [0.3, 0.4) is 0 Å². The van der Waals surface area contributed by atoms with Gasteiger partial charge < -0.3 is 15.0 Å². The summed E-state index contributed by atoms with van der Waals surface area (Å²) in [5.41, 5.74) is 0.875. The highest BCUT2D eigenvalue weighted by Crippen LogP contribution is 2.36. The van der Waals surface area contributed by atoms with Crippen LogP contribution >= 0.6 is 11.8 Å². The molecule has 1 aliphatic carbocycles. The molecule has 2 aliphatic rings. The molecule has 1 saturated carbocycles. The van der Waals surface area contributed by atoms with Crippen molar-refractivity contribution in [2.45, 2.75) is 30.7 Å². The molecule has 5 heteroatoms. The molecule has 3 rings (SSSR count). The van der Waals surface area contributed by atoms with Gasteiger partial charge in [0.1, 0.15) is 0 Å². The molecule has 0 unspecified atom stereocenters. The number of urea groups is 1. The maximum Gasteiger partial charge on any atom is 0.322 e. The number of morpholine rings is 1. The number of nitrogens with one attached hydrogen (secondary N) is 1. The van der Waals surface area contributed by atoms with Crippen molar-refractivity contribution in [3.05, 3.63) is 24.3 Å². The molecule has 2 fully saturated rings. The van der Waals surface area contributed by atoms with Crippen molar-refractivity contribution in [2.24, 2.45) is 5.92 Å². The van der Waals surface area contributed by atoms with Crippen LogP contribution in [0.5, 0.6) is 0 Å². The van der Waals surface area contributed by atoms with Crippen LogP contribution in [0, 0.1) is 5.92 Å². The second-order valence-electron chi connectivity index (χ2n) is 5.56. The fourth-order valence-electron chi connectivity index (χ4n) is 2.77. The lowest BCUT2D eigenvalue weighted by atomic mass is 10.1. The summed E-state index contributed by atoms with van der Waals surface area (Å²) in [6.45, 7) is 4.15. The number of thioether (sulfide) groups is 1. The predicted octanol–water partition coefficient (Wildman–Crippen LogP) is 3.44. The van der Waals surface area contributed by atoms with E-state index in [0.717, 1.165) is 11.4 Å². The molecular formula is C16H22N2O2S. The van der Waals surface area contributed by atoms with Crippen molar-refractivity contribution in [1.82, 2.24) is 4.90 Å². The summed E-state index contributed by atoms with van der Waals surface area (Å²) in [7, 11) is 0. The third kappa shape index (κ3) is 3.71. The SMILES string of the molecule is CCSc1cccc(NC(=O)N2CCOC[C@@H]2C2CC2)c1. The molecular weight excluding hydrogens is 284 g/mol. The number of ether oxygens (including phenoxy) is 1. The summed E-state index contributed by atoms with van der Waals surface area (Å²) in [6, 6.07) is 8.32. The summed E-state index contributed by atoms with van der Waals surface area (Å²) in [5, 5.41) is 3.04. The van der Waals surface area contributed by atoms with Crippen molar-refractivity contribution >= 4 is 23.5 Å². The molecule has 1 aliphatic heterocycles. The quantitative estimate of drug-likeness (QED) is 0.866. The first kappa shape index (κ1) is 14.7. The first-order chi connectivity index (χ1) is 10.3. The second-order valence-corrected chi connectivity index (χ2v) is 6.90. The molecule has 1 atom stereocenters. The number of hydrogen-bond acceptors (Lipinski definition) is 3. The van der Waals surface area contributed by atoms with Crippen LogP contribution in [-0.4, -0.2) is 42.5 Å². The Balaban J connectivity index is 1.65. The Labute approximate surface area is 130 Å². The van der Waals surface area contributed by atoms with E-state index < -0.39 is 0 Å². The van der Waals surface area contributed by atoms with Crippen LogP contribution in [0.4, 0.5) is 10.5 Å². The largest absolute Gasteiger partial charge is 0.377 e. The average Bonchev–Trinajstić information content (AvgIpc) is 3.32. The van der Waals surface area contributed by atoms with E-state index in [2.05, 4.69) is 18.3 Å². The molecule has 1 N–H and O–H groups in total. The van der Waals surface area contributed by atoms with Gasteiger partial charge in [-0.2, -0.15) is 0 Å². The smallest absolute Gasteiger partial charge is 0.322 e. The van der Waals surface area contributed by atoms with Gasteiger partial charge in [0.05, 0.1) is 19.3 Å². The number of anilines is 1. The summed E-state index contributed by atoms with van der Waals surface area (Å²) in [6.07, 6.45) is 2.45. The number of nitrogens with zero attached hydrogens (tertiary/aromatic N) is 1. The molecule has 0 spiro atoms. The van der Waals surface area contributed by atoms with Gasteiger partial charge in [-0.3, -0.25) is 0 Å². The first-order valence-electron chi connectivity index (χ1n) is 7.66. The molecule has 114 valence electrons. The number of rotatable bonds is 4. The highest BCUT2D eigenvalue weighted by Gasteiger charge is 2.39. The van der Waals surface area contributed by atoms with Crippen LogP contribution < -0.4 is 5.32 Å². The minimum absolute atomic E-state index is 0.00819. The maximum atomic E-state index is 12.5. The summed E-state index contributed by atoms with van der Waals surface area (Å²) in [4.78, 5) is 15.7. The van der Waals surface area contributed by atoms with E-state index in [-0.39, 0.29) is 12.1 Å². The van der Waals surface area contributed by atoms with E-state index >= 15 is 0 Å². The zero-order chi connectivity index (χ0) is 14.7. The molecule has 0 bridgehead atoms. The maximum absolute atomic E-state index is 12.5. The van der Waals surface area contributed by atoms with Crippen LogP contribution in [0.15, 0.2) is 29.2 Å². The minimum atomic E-state index is 0.00819. The molecule has 1 aromatic rings. The van der Waals surface area contributed by atoms with Gasteiger partial charge in [-0.25, -0.2) is 4.79 Å². The van der Waals surface area contributed by atoms with Crippen molar-refractivity contribution < 1.29 is 9.53 Å². The van der Waals surface area contributed by atoms with Crippen LogP contribution in [0.25, 0.3) is 0 Å². The minimum Gasteiger partial charge on any atom is -0.377 e. The fraction of sp³-hybridized carbons (Fsp3) is 0.562. The lowest BCUT2D eigenvalue weighted by molar-refractivity contribution is 0.00773. The van der Waals surface area contributed by atoms with Crippen molar-refractivity contribution in [1.29, 1.82) is 0 Å². The predicted molar refractivity (Wildman–Crippen MR) is 85.9 cm³/mol. The van der Waals surface area contributed by atoms with E-state index in [4.69, 9.17) is 4.74 Å². The zero-order valence-electron chi connectivity index (χ0n) is 12.4. The zero-order valence-corrected chi connectivity index (χ0v) is 13.2. The van der Waals surface area contributed by atoms with Gasteiger partial charge in [0.15, 0.2) is 0 Å². The number of carbonyl (C=O) groups excluding carboxylic acids is 1. The topological polar surface area (TPSA) is 41.6 Å². The summed E-state index contributed by atoms with van der Waals surface area (Å²) >= 11 is 1.78. The Kier molecular flexibility index (Phi) is 4.70. The van der Waals surface area contributed by atoms with Crippen LogP contribution in [0.2, 0.25) is 0 Å². The molecule has 1 aromatic carbocycles. The Morgan fingerprint density at radius 2 is 2.33 bits per heavy atom. The van der Waals surface area contributed by atoms with Crippen LogP contribution in [-0.2, 0) is 4.74 Å². The van der Waals surface area contributed by atoms with Gasteiger partial charge in [0, 0.05) is 17.1 Å². The Bertz CT molecular complexity index is 505. The molecule has 0 radical (unpaired) electrons. The molecule has 1 heterocycles. The number of benzene rings is 1. The average molecular weight is 306 g/mol. The Morgan fingerprint density at radius 1 is 1.48 bits per heavy atom. The van der Waals surface area contributed by atoms with E-state index in [9.17, 15) is 4.79 Å². The molecule has 21 heavy (non-hydrogen) atoms. The fourth-order valence-corrected chi connectivity index (χ4v) is 3.49. The summed E-state index contributed by atoms with van der Waals surface area (Å²) < 4.78 is 5.54. The van der Waals surface area contributed by atoms with E-state index in [0.29, 0.717) is 25.7 Å². The van der Waals surface area contributed by atoms with Gasteiger partial charge in [0.25, 0.3) is 0 Å². The number of amides is 2. The monoisotopic (exact) mass is 306 g/mol. The summed E-state index contributed by atoms with van der Waals surface area (Å²) in [5.74, 6) is 1.67. The van der Waals surface area contributed by atoms with Crippen molar-refractivity contribution in [3.8, 4) is 0 Å². The van der Waals surface area contributed by atoms with Gasteiger partial charge in [-0.1, -0.05) is 13.0 Å². The van der Waals surface area contributed by atoms with E-state index in [1.165, 1.54) is 17.7 Å². The third-order valence-electron chi connectivity index (χ3n) is 3.99. The van der Waals surface area contributed by atoms with E-state index in [1.54, 1.807) is 11.8 Å². The van der Waals surface area contributed by atoms with Gasteiger partial charge >= 0.3 is 6.03 Å². The second kappa shape index (κ2) is 6.71. The number of carbonyl (C=O) groups is 1. The van der Waals surface area contributed by atoms with Gasteiger partial charge in [0.2, 0.25) is 0 Å². The standard InChI is InChI=1S/C16H22N2O2S/c1-2-21-14-5-3-4-13(10-14)17-16(19)18-8-9-20-11-15(18)12-6-7-12/h3-5,10,12,15H,2,6-9,11H2,1H3,(H,17,19)/t15-/m1/s1. The third-order valence-corrected chi connectivity index (χ3v) is 4.86. The molecule has 2 amide bonds.